The van der Waals surface area contributed by atoms with Gasteiger partial charge in [0.15, 0.2) is 0 Å². The summed E-state index contributed by atoms with van der Waals surface area (Å²) < 4.78 is 27.7. The standard InChI is InChI=1S/C13H25N3O2S/c1-10-6-8-13(9-7-10,12(14)15)16-19(17,18)11-4-2-3-5-11/h10-11,16H,2-9H2,1H3,(H3,14,15). The number of hydrogen-bond acceptors (Lipinski definition) is 3. The maximum atomic E-state index is 12.4. The fraction of sp³-hybridized carbons (Fsp3) is 0.923. The molecular weight excluding hydrogens is 262 g/mol. The van der Waals surface area contributed by atoms with E-state index in [0.717, 1.165) is 38.5 Å². The molecule has 0 amide bonds. The largest absolute Gasteiger partial charge is 0.386 e. The minimum absolute atomic E-state index is 0.0269. The molecule has 0 aromatic carbocycles. The Balaban J connectivity index is 2.15. The van der Waals surface area contributed by atoms with E-state index in [2.05, 4.69) is 11.6 Å². The van der Waals surface area contributed by atoms with Gasteiger partial charge in [0.1, 0.15) is 5.84 Å². The lowest BCUT2D eigenvalue weighted by Crippen LogP contribution is -2.59. The summed E-state index contributed by atoms with van der Waals surface area (Å²) in [6.45, 7) is 2.16. The molecule has 0 unspecified atom stereocenters. The van der Waals surface area contributed by atoms with Crippen molar-refractivity contribution in [3.63, 3.8) is 0 Å². The van der Waals surface area contributed by atoms with Crippen LogP contribution in [0.2, 0.25) is 0 Å². The molecule has 0 aliphatic heterocycles. The first kappa shape index (κ1) is 14.8. The monoisotopic (exact) mass is 287 g/mol. The Morgan fingerprint density at radius 2 is 1.74 bits per heavy atom. The van der Waals surface area contributed by atoms with Crippen LogP contribution in [0, 0.1) is 11.3 Å². The number of nitrogens with one attached hydrogen (secondary N) is 2. The van der Waals surface area contributed by atoms with E-state index < -0.39 is 15.6 Å². The zero-order valence-electron chi connectivity index (χ0n) is 11.6. The first-order valence-corrected chi connectivity index (χ1v) is 8.78. The molecule has 0 atom stereocenters. The first-order chi connectivity index (χ1) is 8.86. The predicted molar refractivity (Wildman–Crippen MR) is 76.6 cm³/mol. The van der Waals surface area contributed by atoms with Crippen LogP contribution in [-0.2, 0) is 10.0 Å². The van der Waals surface area contributed by atoms with Crippen LogP contribution in [0.4, 0.5) is 0 Å². The Labute approximate surface area is 115 Å². The van der Waals surface area contributed by atoms with Crippen LogP contribution < -0.4 is 10.5 Å². The van der Waals surface area contributed by atoms with Crippen LogP contribution in [0.25, 0.3) is 0 Å². The van der Waals surface area contributed by atoms with E-state index in [1.807, 2.05) is 0 Å². The lowest BCUT2D eigenvalue weighted by atomic mass is 9.77. The fourth-order valence-electron chi connectivity index (χ4n) is 3.24. The molecule has 0 aromatic heterocycles. The second-order valence-corrected chi connectivity index (χ2v) is 8.19. The van der Waals surface area contributed by atoms with Gasteiger partial charge >= 0.3 is 0 Å². The molecule has 0 bridgehead atoms. The molecule has 6 heteroatoms. The van der Waals surface area contributed by atoms with Gasteiger partial charge in [-0.15, -0.1) is 0 Å². The van der Waals surface area contributed by atoms with Gasteiger partial charge in [-0.3, -0.25) is 5.41 Å². The molecule has 0 heterocycles. The molecule has 2 saturated carbocycles. The Morgan fingerprint density at radius 3 is 2.21 bits per heavy atom. The van der Waals surface area contributed by atoms with Gasteiger partial charge in [-0.25, -0.2) is 13.1 Å². The normalized spacial score (nSPS) is 33.4. The van der Waals surface area contributed by atoms with E-state index in [4.69, 9.17) is 11.1 Å². The molecule has 0 saturated heterocycles. The molecule has 2 fully saturated rings. The van der Waals surface area contributed by atoms with Crippen LogP contribution in [-0.4, -0.2) is 25.0 Å². The summed E-state index contributed by atoms with van der Waals surface area (Å²) in [4.78, 5) is 0. The summed E-state index contributed by atoms with van der Waals surface area (Å²) in [5.41, 5.74) is 4.88. The van der Waals surface area contributed by atoms with Crippen molar-refractivity contribution in [2.45, 2.75) is 69.1 Å². The average Bonchev–Trinajstić information content (AvgIpc) is 2.86. The molecular formula is C13H25N3O2S. The minimum atomic E-state index is -3.35. The highest BCUT2D eigenvalue weighted by molar-refractivity contribution is 7.90. The molecule has 4 N–H and O–H groups in total. The van der Waals surface area contributed by atoms with E-state index in [9.17, 15) is 8.42 Å². The Morgan fingerprint density at radius 1 is 1.21 bits per heavy atom. The van der Waals surface area contributed by atoms with Gasteiger partial charge in [-0.05, 0) is 44.4 Å². The van der Waals surface area contributed by atoms with Crippen LogP contribution in [0.1, 0.15) is 58.3 Å². The van der Waals surface area contributed by atoms with Crippen molar-refractivity contribution >= 4 is 15.9 Å². The van der Waals surface area contributed by atoms with Crippen molar-refractivity contribution in [1.29, 1.82) is 5.41 Å². The summed E-state index contributed by atoms with van der Waals surface area (Å²) in [5, 5.41) is 7.52. The number of hydrogen-bond donors (Lipinski definition) is 3. The molecule has 2 aliphatic rings. The van der Waals surface area contributed by atoms with Crippen molar-refractivity contribution in [3.05, 3.63) is 0 Å². The summed E-state index contributed by atoms with van der Waals surface area (Å²) in [7, 11) is -3.35. The lowest BCUT2D eigenvalue weighted by Gasteiger charge is -2.39. The summed E-state index contributed by atoms with van der Waals surface area (Å²) >= 11 is 0. The third-order valence-electron chi connectivity index (χ3n) is 4.72. The second-order valence-electron chi connectivity index (χ2n) is 6.23. The molecule has 0 spiro atoms. The molecule has 5 nitrogen and oxygen atoms in total. The summed E-state index contributed by atoms with van der Waals surface area (Å²) in [6.07, 6.45) is 6.58. The first-order valence-electron chi connectivity index (χ1n) is 7.23. The van der Waals surface area contributed by atoms with Gasteiger partial charge in [0.25, 0.3) is 0 Å². The van der Waals surface area contributed by atoms with Crippen molar-refractivity contribution in [3.8, 4) is 0 Å². The van der Waals surface area contributed by atoms with Crippen LogP contribution in [0.3, 0.4) is 0 Å². The highest BCUT2D eigenvalue weighted by atomic mass is 32.2. The molecule has 19 heavy (non-hydrogen) atoms. The third-order valence-corrected chi connectivity index (χ3v) is 6.75. The summed E-state index contributed by atoms with van der Waals surface area (Å²) in [6, 6.07) is 0. The van der Waals surface area contributed by atoms with E-state index in [1.54, 1.807) is 0 Å². The zero-order chi connectivity index (χ0) is 14.1. The van der Waals surface area contributed by atoms with E-state index in [0.29, 0.717) is 18.8 Å². The van der Waals surface area contributed by atoms with Crippen LogP contribution in [0.5, 0.6) is 0 Å². The van der Waals surface area contributed by atoms with E-state index >= 15 is 0 Å². The van der Waals surface area contributed by atoms with Gasteiger partial charge in [0, 0.05) is 0 Å². The average molecular weight is 287 g/mol. The van der Waals surface area contributed by atoms with Gasteiger partial charge in [-0.2, -0.15) is 0 Å². The highest BCUT2D eigenvalue weighted by Crippen LogP contribution is 2.34. The van der Waals surface area contributed by atoms with Crippen molar-refractivity contribution in [1.82, 2.24) is 4.72 Å². The molecule has 110 valence electrons. The van der Waals surface area contributed by atoms with Crippen LogP contribution in [0.15, 0.2) is 0 Å². The van der Waals surface area contributed by atoms with Gasteiger partial charge in [0.2, 0.25) is 10.0 Å². The predicted octanol–water partition coefficient (Wildman–Crippen LogP) is 1.73. The fourth-order valence-corrected chi connectivity index (χ4v) is 5.21. The quantitative estimate of drug-likeness (QED) is 0.542. The van der Waals surface area contributed by atoms with Crippen molar-refractivity contribution in [2.24, 2.45) is 11.7 Å². The van der Waals surface area contributed by atoms with Crippen molar-refractivity contribution in [2.75, 3.05) is 0 Å². The highest BCUT2D eigenvalue weighted by Gasteiger charge is 2.42. The van der Waals surface area contributed by atoms with Gasteiger partial charge < -0.3 is 5.73 Å². The van der Waals surface area contributed by atoms with Crippen LogP contribution >= 0.6 is 0 Å². The maximum absolute atomic E-state index is 12.4. The minimum Gasteiger partial charge on any atom is -0.386 e. The Kier molecular flexibility index (Phi) is 4.20. The number of sulfonamides is 1. The molecule has 2 rings (SSSR count). The molecule has 0 radical (unpaired) electrons. The number of rotatable bonds is 4. The number of amidine groups is 1. The Hall–Kier alpha value is -0.620. The Bertz CT molecular complexity index is 433. The van der Waals surface area contributed by atoms with Crippen molar-refractivity contribution < 1.29 is 8.42 Å². The van der Waals surface area contributed by atoms with Gasteiger partial charge in [-0.1, -0.05) is 19.8 Å². The molecule has 2 aliphatic carbocycles. The smallest absolute Gasteiger partial charge is 0.215 e. The van der Waals surface area contributed by atoms with E-state index in [-0.39, 0.29) is 11.1 Å². The van der Waals surface area contributed by atoms with E-state index in [1.165, 1.54) is 0 Å². The summed E-state index contributed by atoms with van der Waals surface area (Å²) in [5.74, 6) is 0.560. The van der Waals surface area contributed by atoms with Gasteiger partial charge in [0.05, 0.1) is 10.8 Å². The lowest BCUT2D eigenvalue weighted by molar-refractivity contribution is 0.285. The molecule has 0 aromatic rings. The third kappa shape index (κ3) is 3.11. The maximum Gasteiger partial charge on any atom is 0.215 e. The number of nitrogens with two attached hydrogens (primary N) is 1. The zero-order valence-corrected chi connectivity index (χ0v) is 12.4. The SMILES string of the molecule is CC1CCC(NS(=O)(=O)C2CCCC2)(C(=N)N)CC1. The topological polar surface area (TPSA) is 96.0 Å². The second kappa shape index (κ2) is 5.40.